The number of hydrogen-bond acceptors (Lipinski definition) is 7. The van der Waals surface area contributed by atoms with E-state index in [0.29, 0.717) is 17.2 Å². The second-order valence-corrected chi connectivity index (χ2v) is 13.4. The first-order chi connectivity index (χ1) is 24.7. The summed E-state index contributed by atoms with van der Waals surface area (Å²) in [6.45, 7) is -0.194. The number of sulfone groups is 1. The first-order valence-corrected chi connectivity index (χ1v) is 17.4. The minimum atomic E-state index is -5.02. The maximum atomic E-state index is 15.4. The number of carbonyl (C=O) groups is 3. The Hall–Kier alpha value is -6.03. The molecule has 4 aromatic carbocycles. The molecule has 0 unspecified atom stereocenters. The van der Waals surface area contributed by atoms with Crippen molar-refractivity contribution in [3.05, 3.63) is 125 Å². The lowest BCUT2D eigenvalue weighted by atomic mass is 10.0. The summed E-state index contributed by atoms with van der Waals surface area (Å²) >= 11 is 0. The number of anilines is 1. The fourth-order valence-corrected chi connectivity index (χ4v) is 6.09. The number of halogens is 4. The predicted molar refractivity (Wildman–Crippen MR) is 184 cm³/mol. The minimum Gasteiger partial charge on any atom is -0.497 e. The van der Waals surface area contributed by atoms with E-state index in [1.807, 2.05) is 30.3 Å². The third-order valence-electron chi connectivity index (χ3n) is 7.71. The zero-order chi connectivity index (χ0) is 37.6. The highest BCUT2D eigenvalue weighted by molar-refractivity contribution is 7.90. The van der Waals surface area contributed by atoms with Gasteiger partial charge in [0.1, 0.15) is 17.3 Å². The number of amides is 3. The van der Waals surface area contributed by atoms with Crippen molar-refractivity contribution in [2.24, 2.45) is 0 Å². The van der Waals surface area contributed by atoms with E-state index in [0.717, 1.165) is 24.0 Å². The number of nitrogens with one attached hydrogen (secondary N) is 3. The summed E-state index contributed by atoms with van der Waals surface area (Å²) in [7, 11) is -2.39. The smallest absolute Gasteiger partial charge is 0.435 e. The van der Waals surface area contributed by atoms with Crippen LogP contribution in [0.15, 0.2) is 102 Å². The van der Waals surface area contributed by atoms with Gasteiger partial charge in [-0.3, -0.25) is 14.4 Å². The number of nitrogens with zero attached hydrogens (tertiary/aromatic N) is 2. The van der Waals surface area contributed by atoms with Gasteiger partial charge in [0.25, 0.3) is 11.8 Å². The second-order valence-electron chi connectivity index (χ2n) is 11.4. The molecule has 5 rings (SSSR count). The number of alkyl halides is 3. The molecule has 0 atom stereocenters. The maximum Gasteiger partial charge on any atom is 0.435 e. The number of rotatable bonds is 12. The number of carbonyl (C=O) groups excluding carboxylic acids is 3. The highest BCUT2D eigenvalue weighted by atomic mass is 32.2. The Morgan fingerprint density at radius 1 is 0.865 bits per heavy atom. The molecule has 1 aromatic heterocycles. The zero-order valence-corrected chi connectivity index (χ0v) is 28.4. The summed E-state index contributed by atoms with van der Waals surface area (Å²) < 4.78 is 87.4. The zero-order valence-electron chi connectivity index (χ0n) is 27.6. The van der Waals surface area contributed by atoms with Gasteiger partial charge in [0.2, 0.25) is 5.91 Å². The van der Waals surface area contributed by atoms with Crippen molar-refractivity contribution in [3.63, 3.8) is 0 Å². The Balaban J connectivity index is 1.41. The van der Waals surface area contributed by atoms with Crippen molar-refractivity contribution in [2.45, 2.75) is 17.5 Å². The topological polar surface area (TPSA) is 148 Å². The molecule has 1 heterocycles. The molecule has 5 aromatic rings. The molecule has 11 nitrogen and oxygen atoms in total. The first kappa shape index (κ1) is 37.2. The fraction of sp³-hybridized carbons (Fsp3) is 0.167. The number of benzene rings is 4. The molecule has 3 amide bonds. The summed E-state index contributed by atoms with van der Waals surface area (Å²) in [6, 6.07) is 22.9. The first-order valence-electron chi connectivity index (χ1n) is 15.5. The molecule has 0 aliphatic rings. The van der Waals surface area contributed by atoms with Crippen LogP contribution in [0.1, 0.15) is 32.1 Å². The lowest BCUT2D eigenvalue weighted by Crippen LogP contribution is -2.38. The number of methoxy groups -OCH3 is 1. The van der Waals surface area contributed by atoms with E-state index < -0.39 is 63.2 Å². The van der Waals surface area contributed by atoms with Gasteiger partial charge in [-0.2, -0.15) is 18.3 Å². The fourth-order valence-electron chi connectivity index (χ4n) is 5.18. The molecule has 52 heavy (non-hydrogen) atoms. The third-order valence-corrected chi connectivity index (χ3v) is 8.87. The van der Waals surface area contributed by atoms with Crippen LogP contribution in [0.25, 0.3) is 16.8 Å². The van der Waals surface area contributed by atoms with Gasteiger partial charge in [-0.05, 0) is 53.9 Å². The van der Waals surface area contributed by atoms with Crippen molar-refractivity contribution in [1.82, 2.24) is 20.4 Å². The van der Waals surface area contributed by atoms with E-state index in [4.69, 9.17) is 4.74 Å². The average Bonchev–Trinajstić information content (AvgIpc) is 3.58. The van der Waals surface area contributed by atoms with Gasteiger partial charge in [0, 0.05) is 24.4 Å². The summed E-state index contributed by atoms with van der Waals surface area (Å²) in [4.78, 5) is 39.3. The van der Waals surface area contributed by atoms with E-state index >= 15 is 4.39 Å². The van der Waals surface area contributed by atoms with Crippen molar-refractivity contribution >= 4 is 33.2 Å². The third kappa shape index (κ3) is 8.81. The molecule has 0 aliphatic heterocycles. The van der Waals surface area contributed by atoms with Gasteiger partial charge in [0.05, 0.1) is 35.5 Å². The summed E-state index contributed by atoms with van der Waals surface area (Å²) in [5, 5.41) is 10.9. The number of ether oxygens (including phenoxy) is 1. The second kappa shape index (κ2) is 15.5. The Morgan fingerprint density at radius 3 is 2.25 bits per heavy atom. The number of hydrogen-bond donors (Lipinski definition) is 3. The van der Waals surface area contributed by atoms with Crippen LogP contribution in [0.4, 0.5) is 23.2 Å². The van der Waals surface area contributed by atoms with E-state index in [2.05, 4.69) is 21.0 Å². The van der Waals surface area contributed by atoms with Crippen LogP contribution in [0.3, 0.4) is 0 Å². The van der Waals surface area contributed by atoms with Crippen molar-refractivity contribution < 1.29 is 45.1 Å². The molecular formula is C36H31F4N5O6S. The van der Waals surface area contributed by atoms with Crippen LogP contribution in [0, 0.1) is 5.82 Å². The standard InChI is InChI=1S/C36H31F4N5O6S/c1-51-24-13-15-29(26(19-24)34(47)42-21-33(46)41-17-16-22-8-4-3-5-9-22)45-30(20-32(44-45)36(38,39)40)35(48)43-28-14-12-23(18-27(28)37)25-10-6-7-11-31(25)52(2,49)50/h3-15,18-20H,16-17,21H2,1-2H3,(H,41,46)(H,42,47)(H,43,48). The molecule has 16 heteroatoms. The Bertz CT molecular complexity index is 2240. The lowest BCUT2D eigenvalue weighted by Gasteiger charge is -2.15. The van der Waals surface area contributed by atoms with E-state index in [9.17, 15) is 36.0 Å². The van der Waals surface area contributed by atoms with Gasteiger partial charge in [-0.1, -0.05) is 54.6 Å². The molecule has 0 radical (unpaired) electrons. The molecule has 0 spiro atoms. The maximum absolute atomic E-state index is 15.4. The Labute approximate surface area is 295 Å². The monoisotopic (exact) mass is 737 g/mol. The Morgan fingerprint density at radius 2 is 1.58 bits per heavy atom. The van der Waals surface area contributed by atoms with Crippen molar-refractivity contribution in [3.8, 4) is 22.6 Å². The highest BCUT2D eigenvalue weighted by Crippen LogP contribution is 2.33. The quantitative estimate of drug-likeness (QED) is 0.144. The van der Waals surface area contributed by atoms with Crippen LogP contribution in [-0.2, 0) is 27.2 Å². The molecule has 270 valence electrons. The van der Waals surface area contributed by atoms with E-state index in [-0.39, 0.29) is 39.6 Å². The van der Waals surface area contributed by atoms with E-state index in [1.54, 1.807) is 6.07 Å². The van der Waals surface area contributed by atoms with Crippen LogP contribution < -0.4 is 20.7 Å². The SMILES string of the molecule is COc1ccc(-n2nc(C(F)(F)F)cc2C(=O)Nc2ccc(-c3ccccc3S(C)(=O)=O)cc2F)c(C(=O)NCC(=O)NCCc2ccccc2)c1. The van der Waals surface area contributed by atoms with Gasteiger partial charge in [-0.15, -0.1) is 0 Å². The summed E-state index contributed by atoms with van der Waals surface area (Å²) in [6.07, 6.45) is -3.48. The molecule has 3 N–H and O–H groups in total. The van der Waals surface area contributed by atoms with Crippen LogP contribution in [-0.4, -0.2) is 62.4 Å². The predicted octanol–water partition coefficient (Wildman–Crippen LogP) is 5.45. The van der Waals surface area contributed by atoms with Crippen LogP contribution >= 0.6 is 0 Å². The minimum absolute atomic E-state index is 0.0576. The normalized spacial score (nSPS) is 11.5. The van der Waals surface area contributed by atoms with Gasteiger partial charge < -0.3 is 20.7 Å². The Kier molecular flexibility index (Phi) is 11.1. The van der Waals surface area contributed by atoms with Gasteiger partial charge >= 0.3 is 6.18 Å². The molecule has 0 fully saturated rings. The van der Waals surface area contributed by atoms with Crippen molar-refractivity contribution in [2.75, 3.05) is 31.8 Å². The molecule has 0 bridgehead atoms. The molecule has 0 saturated heterocycles. The summed E-state index contributed by atoms with van der Waals surface area (Å²) in [5.41, 5.74) is -1.84. The largest absolute Gasteiger partial charge is 0.497 e. The summed E-state index contributed by atoms with van der Waals surface area (Å²) in [5.74, 6) is -3.51. The van der Waals surface area contributed by atoms with Crippen molar-refractivity contribution in [1.29, 1.82) is 0 Å². The van der Waals surface area contributed by atoms with Gasteiger partial charge in [-0.25, -0.2) is 17.5 Å². The van der Waals surface area contributed by atoms with Gasteiger partial charge in [0.15, 0.2) is 15.5 Å². The highest BCUT2D eigenvalue weighted by Gasteiger charge is 2.37. The average molecular weight is 738 g/mol. The van der Waals surface area contributed by atoms with E-state index in [1.165, 1.54) is 49.6 Å². The van der Waals surface area contributed by atoms with Crippen LogP contribution in [0.5, 0.6) is 5.75 Å². The lowest BCUT2D eigenvalue weighted by molar-refractivity contribution is -0.141. The molecule has 0 saturated carbocycles. The number of aromatic nitrogens is 2. The molecule has 0 aliphatic carbocycles. The molecular weight excluding hydrogens is 706 g/mol. The van der Waals surface area contributed by atoms with Crippen LogP contribution in [0.2, 0.25) is 0 Å².